The minimum atomic E-state index is 0.0507. The lowest BCUT2D eigenvalue weighted by atomic mass is 9.96. The predicted molar refractivity (Wildman–Crippen MR) is 72.5 cm³/mol. The molecule has 0 spiro atoms. The van der Waals surface area contributed by atoms with E-state index in [2.05, 4.69) is 35.8 Å². The minimum absolute atomic E-state index is 0.0507. The molecule has 18 heavy (non-hydrogen) atoms. The monoisotopic (exact) mass is 250 g/mol. The van der Waals surface area contributed by atoms with Crippen molar-refractivity contribution in [2.75, 3.05) is 13.6 Å². The van der Waals surface area contributed by atoms with E-state index in [-0.39, 0.29) is 11.3 Å². The average Bonchev–Trinajstić information content (AvgIpc) is 2.26. The van der Waals surface area contributed by atoms with Gasteiger partial charge in [-0.3, -0.25) is 4.98 Å². The van der Waals surface area contributed by atoms with E-state index >= 15 is 0 Å². The maximum absolute atomic E-state index is 8.74. The number of amidine groups is 1. The lowest BCUT2D eigenvalue weighted by molar-refractivity contribution is 0.220. The Bertz CT molecular complexity index is 423. The first-order valence-corrected chi connectivity index (χ1v) is 5.94. The van der Waals surface area contributed by atoms with Gasteiger partial charge in [0.05, 0.1) is 0 Å². The number of hydrogen-bond donors (Lipinski definition) is 2. The summed E-state index contributed by atoms with van der Waals surface area (Å²) in [5.41, 5.74) is 7.35. The quantitative estimate of drug-likeness (QED) is 0.369. The van der Waals surface area contributed by atoms with Crippen molar-refractivity contribution in [3.8, 4) is 0 Å². The first-order chi connectivity index (χ1) is 8.33. The SMILES string of the molecule is CN(Cc1cccnc1C(N)=NO)CC(C)(C)C. The summed E-state index contributed by atoms with van der Waals surface area (Å²) in [7, 11) is 2.05. The average molecular weight is 250 g/mol. The lowest BCUT2D eigenvalue weighted by Gasteiger charge is -2.26. The molecule has 0 bridgehead atoms. The van der Waals surface area contributed by atoms with E-state index < -0.39 is 0 Å². The zero-order chi connectivity index (χ0) is 13.8. The van der Waals surface area contributed by atoms with Crippen LogP contribution in [0, 0.1) is 5.41 Å². The molecule has 0 saturated carbocycles. The third-order valence-electron chi connectivity index (χ3n) is 2.43. The van der Waals surface area contributed by atoms with Gasteiger partial charge in [0, 0.05) is 19.3 Å². The second-order valence-corrected chi connectivity index (χ2v) is 5.73. The molecule has 0 aliphatic rings. The molecule has 1 heterocycles. The van der Waals surface area contributed by atoms with Crippen molar-refractivity contribution >= 4 is 5.84 Å². The van der Waals surface area contributed by atoms with Crippen LogP contribution in [0.2, 0.25) is 0 Å². The summed E-state index contributed by atoms with van der Waals surface area (Å²) in [6.45, 7) is 8.25. The first kappa shape index (κ1) is 14.4. The van der Waals surface area contributed by atoms with Crippen LogP contribution in [0.3, 0.4) is 0 Å². The van der Waals surface area contributed by atoms with E-state index in [1.807, 2.05) is 19.2 Å². The third kappa shape index (κ3) is 4.33. The summed E-state index contributed by atoms with van der Waals surface area (Å²) in [5.74, 6) is 0.0507. The number of nitrogens with zero attached hydrogens (tertiary/aromatic N) is 3. The molecule has 0 fully saturated rings. The van der Waals surface area contributed by atoms with Crippen molar-refractivity contribution in [3.63, 3.8) is 0 Å². The Morgan fingerprint density at radius 3 is 2.72 bits per heavy atom. The lowest BCUT2D eigenvalue weighted by Crippen LogP contribution is -2.30. The van der Waals surface area contributed by atoms with Gasteiger partial charge < -0.3 is 15.8 Å². The number of hydrogen-bond acceptors (Lipinski definition) is 4. The highest BCUT2D eigenvalue weighted by molar-refractivity contribution is 5.96. The number of oxime groups is 1. The van der Waals surface area contributed by atoms with Crippen molar-refractivity contribution in [2.24, 2.45) is 16.3 Å². The van der Waals surface area contributed by atoms with Gasteiger partial charge in [-0.25, -0.2) is 0 Å². The highest BCUT2D eigenvalue weighted by Crippen LogP contribution is 2.16. The highest BCUT2D eigenvalue weighted by Gasteiger charge is 2.16. The van der Waals surface area contributed by atoms with Gasteiger partial charge in [0.2, 0.25) is 0 Å². The van der Waals surface area contributed by atoms with Gasteiger partial charge in [0.1, 0.15) is 5.69 Å². The molecule has 0 aliphatic carbocycles. The Labute approximate surface area is 108 Å². The molecule has 5 nitrogen and oxygen atoms in total. The van der Waals surface area contributed by atoms with Crippen LogP contribution < -0.4 is 5.73 Å². The third-order valence-corrected chi connectivity index (χ3v) is 2.43. The fourth-order valence-electron chi connectivity index (χ4n) is 2.00. The Hall–Kier alpha value is -1.62. The van der Waals surface area contributed by atoms with Crippen LogP contribution in [-0.4, -0.2) is 34.5 Å². The second-order valence-electron chi connectivity index (χ2n) is 5.73. The summed E-state index contributed by atoms with van der Waals surface area (Å²) in [6, 6.07) is 3.80. The second kappa shape index (κ2) is 5.82. The Kier molecular flexibility index (Phi) is 4.67. The molecule has 0 radical (unpaired) electrons. The van der Waals surface area contributed by atoms with Crippen LogP contribution in [0.1, 0.15) is 32.0 Å². The summed E-state index contributed by atoms with van der Waals surface area (Å²) >= 11 is 0. The van der Waals surface area contributed by atoms with Gasteiger partial charge in [-0.1, -0.05) is 32.0 Å². The normalized spacial score (nSPS) is 13.1. The largest absolute Gasteiger partial charge is 0.409 e. The van der Waals surface area contributed by atoms with Crippen molar-refractivity contribution in [2.45, 2.75) is 27.3 Å². The van der Waals surface area contributed by atoms with Crippen LogP contribution in [0.15, 0.2) is 23.5 Å². The van der Waals surface area contributed by atoms with Crippen LogP contribution in [0.5, 0.6) is 0 Å². The minimum Gasteiger partial charge on any atom is -0.409 e. The first-order valence-electron chi connectivity index (χ1n) is 5.94. The van der Waals surface area contributed by atoms with Gasteiger partial charge in [0.15, 0.2) is 5.84 Å². The van der Waals surface area contributed by atoms with E-state index in [0.29, 0.717) is 5.69 Å². The van der Waals surface area contributed by atoms with E-state index in [4.69, 9.17) is 10.9 Å². The summed E-state index contributed by atoms with van der Waals surface area (Å²) in [6.07, 6.45) is 1.64. The van der Waals surface area contributed by atoms with Crippen LogP contribution in [0.25, 0.3) is 0 Å². The Morgan fingerprint density at radius 2 is 2.17 bits per heavy atom. The molecule has 5 heteroatoms. The zero-order valence-electron chi connectivity index (χ0n) is 11.5. The Balaban J connectivity index is 2.85. The van der Waals surface area contributed by atoms with Crippen molar-refractivity contribution in [3.05, 3.63) is 29.6 Å². The number of pyridine rings is 1. The molecule has 3 N–H and O–H groups in total. The topological polar surface area (TPSA) is 74.7 Å². The maximum atomic E-state index is 8.74. The maximum Gasteiger partial charge on any atom is 0.189 e. The molecule has 0 aliphatic heterocycles. The van der Waals surface area contributed by atoms with E-state index in [0.717, 1.165) is 18.7 Å². The summed E-state index contributed by atoms with van der Waals surface area (Å²) in [4.78, 5) is 6.36. The van der Waals surface area contributed by atoms with Crippen molar-refractivity contribution in [1.82, 2.24) is 9.88 Å². The van der Waals surface area contributed by atoms with Crippen LogP contribution in [-0.2, 0) is 6.54 Å². The molecular weight excluding hydrogens is 228 g/mol. The van der Waals surface area contributed by atoms with E-state index in [1.54, 1.807) is 6.20 Å². The molecule has 0 atom stereocenters. The fraction of sp³-hybridized carbons (Fsp3) is 0.538. The highest BCUT2D eigenvalue weighted by atomic mass is 16.4. The molecule has 100 valence electrons. The molecule has 0 aromatic carbocycles. The molecule has 0 saturated heterocycles. The van der Waals surface area contributed by atoms with Crippen LogP contribution in [0.4, 0.5) is 0 Å². The molecule has 0 amide bonds. The number of aromatic nitrogens is 1. The fourth-order valence-corrected chi connectivity index (χ4v) is 2.00. The number of rotatable bonds is 4. The molecule has 0 unspecified atom stereocenters. The number of nitrogens with two attached hydrogens (primary N) is 1. The smallest absolute Gasteiger partial charge is 0.189 e. The van der Waals surface area contributed by atoms with Crippen molar-refractivity contribution < 1.29 is 5.21 Å². The van der Waals surface area contributed by atoms with Gasteiger partial charge in [0.25, 0.3) is 0 Å². The van der Waals surface area contributed by atoms with E-state index in [9.17, 15) is 0 Å². The summed E-state index contributed by atoms with van der Waals surface area (Å²) < 4.78 is 0. The Morgan fingerprint density at radius 1 is 1.50 bits per heavy atom. The zero-order valence-corrected chi connectivity index (χ0v) is 11.5. The van der Waals surface area contributed by atoms with Gasteiger partial charge in [-0.15, -0.1) is 0 Å². The van der Waals surface area contributed by atoms with Crippen molar-refractivity contribution in [1.29, 1.82) is 0 Å². The van der Waals surface area contributed by atoms with Crippen LogP contribution >= 0.6 is 0 Å². The van der Waals surface area contributed by atoms with Gasteiger partial charge >= 0.3 is 0 Å². The predicted octanol–water partition coefficient (Wildman–Crippen LogP) is 1.65. The molecule has 1 aromatic rings. The van der Waals surface area contributed by atoms with E-state index in [1.165, 1.54) is 0 Å². The molecule has 1 aromatic heterocycles. The molecule has 1 rings (SSSR count). The van der Waals surface area contributed by atoms with Gasteiger partial charge in [-0.05, 0) is 24.1 Å². The molecular formula is C13H22N4O. The van der Waals surface area contributed by atoms with Gasteiger partial charge in [-0.2, -0.15) is 0 Å². The summed E-state index contributed by atoms with van der Waals surface area (Å²) in [5, 5.41) is 11.8. The standard InChI is InChI=1S/C13H22N4O/c1-13(2,3)9-17(4)8-10-6-5-7-15-11(10)12(14)16-18/h5-7,18H,8-9H2,1-4H3,(H2,14,16).